The molecule has 7 heteroatoms. The zero-order valence-corrected chi connectivity index (χ0v) is 18.1. The Morgan fingerprint density at radius 2 is 1.77 bits per heavy atom. The third-order valence-electron chi connectivity index (χ3n) is 6.86. The van der Waals surface area contributed by atoms with E-state index in [4.69, 9.17) is 0 Å². The number of hydrogen-bond acceptors (Lipinski definition) is 4. The molecule has 0 spiro atoms. The number of pyridine rings is 1. The Morgan fingerprint density at radius 3 is 2.52 bits per heavy atom. The quantitative estimate of drug-likeness (QED) is 0.680. The molecule has 5 rings (SSSR count). The lowest BCUT2D eigenvalue weighted by atomic mass is 9.99. The molecule has 0 amide bonds. The average Bonchev–Trinajstić information content (AvgIpc) is 2.93. The van der Waals surface area contributed by atoms with E-state index >= 15 is 0 Å². The summed E-state index contributed by atoms with van der Waals surface area (Å²) < 4.78 is 2.29. The van der Waals surface area contributed by atoms with Crippen molar-refractivity contribution in [3.8, 4) is 11.3 Å². The number of aromatic carboxylic acids is 1. The number of fused-ring (bicyclic) bond motifs is 4. The summed E-state index contributed by atoms with van der Waals surface area (Å²) in [5.74, 6) is -1.18. The van der Waals surface area contributed by atoms with Crippen LogP contribution < -0.4 is 5.56 Å². The van der Waals surface area contributed by atoms with Crippen molar-refractivity contribution in [1.29, 1.82) is 0 Å². The smallest absolute Gasteiger partial charge is 0.341 e. The number of carboxylic acids is 1. The van der Waals surface area contributed by atoms with E-state index in [1.54, 1.807) is 6.07 Å². The van der Waals surface area contributed by atoms with Crippen molar-refractivity contribution in [3.05, 3.63) is 57.0 Å². The molecule has 3 aromatic rings. The molecule has 3 heterocycles. The number of carbonyl (C=O) groups is 1. The fourth-order valence-corrected chi connectivity index (χ4v) is 4.95. The number of aromatic amines is 1. The molecule has 1 aromatic carbocycles. The van der Waals surface area contributed by atoms with Crippen molar-refractivity contribution in [3.63, 3.8) is 0 Å². The van der Waals surface area contributed by atoms with E-state index in [1.165, 1.54) is 16.8 Å². The van der Waals surface area contributed by atoms with Crippen molar-refractivity contribution in [2.45, 2.75) is 25.8 Å². The molecule has 162 valence electrons. The van der Waals surface area contributed by atoms with Crippen molar-refractivity contribution < 1.29 is 9.90 Å². The topological polar surface area (TPSA) is 81.6 Å². The van der Waals surface area contributed by atoms with Crippen LogP contribution in [0.15, 0.2) is 29.1 Å². The maximum absolute atomic E-state index is 12.4. The molecule has 1 fully saturated rings. The molecule has 0 atom stereocenters. The van der Waals surface area contributed by atoms with E-state index in [-0.39, 0.29) is 5.56 Å². The molecule has 31 heavy (non-hydrogen) atoms. The molecule has 1 aliphatic heterocycles. The van der Waals surface area contributed by atoms with Gasteiger partial charge in [0.15, 0.2) is 0 Å². The van der Waals surface area contributed by atoms with Gasteiger partial charge in [0, 0.05) is 61.9 Å². The van der Waals surface area contributed by atoms with Crippen LogP contribution in [0.5, 0.6) is 0 Å². The van der Waals surface area contributed by atoms with Crippen molar-refractivity contribution in [2.24, 2.45) is 7.05 Å². The van der Waals surface area contributed by atoms with E-state index in [1.807, 2.05) is 0 Å². The van der Waals surface area contributed by atoms with Crippen LogP contribution in [0.4, 0.5) is 0 Å². The first kappa shape index (κ1) is 20.0. The Bertz CT molecular complexity index is 1230. The minimum Gasteiger partial charge on any atom is -0.477 e. The van der Waals surface area contributed by atoms with Crippen molar-refractivity contribution >= 4 is 16.9 Å². The van der Waals surface area contributed by atoms with E-state index in [2.05, 4.69) is 51.6 Å². The highest BCUT2D eigenvalue weighted by Gasteiger charge is 2.22. The number of likely N-dealkylation sites (N-methyl/N-ethyl adjacent to an activating group) is 1. The molecule has 0 radical (unpaired) electrons. The van der Waals surface area contributed by atoms with Crippen molar-refractivity contribution in [2.75, 3.05) is 33.2 Å². The fraction of sp³-hybridized carbons (Fsp3) is 0.417. The van der Waals surface area contributed by atoms with Crippen LogP contribution in [-0.4, -0.2) is 63.7 Å². The summed E-state index contributed by atoms with van der Waals surface area (Å²) in [4.78, 5) is 31.5. The molecule has 2 N–H and O–H groups in total. The van der Waals surface area contributed by atoms with Crippen LogP contribution >= 0.6 is 0 Å². The Kier molecular flexibility index (Phi) is 4.95. The zero-order chi connectivity index (χ0) is 21.7. The van der Waals surface area contributed by atoms with Gasteiger partial charge in [0.2, 0.25) is 0 Å². The molecular formula is C24H28N4O3. The number of H-pyrrole nitrogens is 1. The van der Waals surface area contributed by atoms with Gasteiger partial charge in [-0.1, -0.05) is 0 Å². The number of rotatable bonds is 3. The Morgan fingerprint density at radius 1 is 1.03 bits per heavy atom. The van der Waals surface area contributed by atoms with E-state index < -0.39 is 11.5 Å². The van der Waals surface area contributed by atoms with Crippen LogP contribution in [0.2, 0.25) is 0 Å². The van der Waals surface area contributed by atoms with Gasteiger partial charge in [-0.2, -0.15) is 0 Å². The van der Waals surface area contributed by atoms with Crippen LogP contribution in [0.25, 0.3) is 22.2 Å². The fourth-order valence-electron chi connectivity index (χ4n) is 4.95. The average molecular weight is 421 g/mol. The number of benzene rings is 1. The summed E-state index contributed by atoms with van der Waals surface area (Å²) >= 11 is 0. The second-order valence-electron chi connectivity index (χ2n) is 8.91. The van der Waals surface area contributed by atoms with E-state index in [0.717, 1.165) is 74.2 Å². The lowest BCUT2D eigenvalue weighted by Gasteiger charge is -2.32. The summed E-state index contributed by atoms with van der Waals surface area (Å²) in [6, 6.07) is 8.22. The van der Waals surface area contributed by atoms with Gasteiger partial charge in [0.05, 0.1) is 5.69 Å². The SMILES string of the molecule is CN1CCN(Cc2cc3cc4c(cc3n2C)CCCc2cc(C(=O)O)c(=O)[nH]c2-4)CC1. The van der Waals surface area contributed by atoms with Crippen LogP contribution in [0, 0.1) is 0 Å². The molecule has 1 aliphatic carbocycles. The number of piperazine rings is 1. The zero-order valence-electron chi connectivity index (χ0n) is 18.1. The largest absolute Gasteiger partial charge is 0.477 e. The van der Waals surface area contributed by atoms with Gasteiger partial charge in [0.25, 0.3) is 5.56 Å². The summed E-state index contributed by atoms with van der Waals surface area (Å²) in [7, 11) is 4.30. The van der Waals surface area contributed by atoms with Gasteiger partial charge in [-0.15, -0.1) is 0 Å². The monoisotopic (exact) mass is 420 g/mol. The highest BCUT2D eigenvalue weighted by Crippen LogP contribution is 2.35. The first-order chi connectivity index (χ1) is 14.9. The van der Waals surface area contributed by atoms with Crippen molar-refractivity contribution in [1.82, 2.24) is 19.4 Å². The Balaban J connectivity index is 1.57. The van der Waals surface area contributed by atoms with Crippen LogP contribution in [0.1, 0.15) is 33.6 Å². The molecule has 7 nitrogen and oxygen atoms in total. The van der Waals surface area contributed by atoms with Gasteiger partial charge in [-0.25, -0.2) is 4.79 Å². The maximum atomic E-state index is 12.4. The van der Waals surface area contributed by atoms with Gasteiger partial charge in [-0.05, 0) is 61.7 Å². The summed E-state index contributed by atoms with van der Waals surface area (Å²) in [6.45, 7) is 5.28. The molecule has 0 saturated carbocycles. The standard InChI is InChI=1S/C24H28N4O3/c1-26-6-8-28(9-7-26)14-18-10-17-12-19-15(13-21(17)27(18)2)4-3-5-16-11-20(24(30)31)23(29)25-22(16)19/h10-13H,3-9,14H2,1-2H3,(H,25,29)(H,30,31). The van der Waals surface area contributed by atoms with Crippen LogP contribution in [-0.2, 0) is 26.4 Å². The predicted molar refractivity (Wildman–Crippen MR) is 121 cm³/mol. The molecule has 0 unspecified atom stereocenters. The second-order valence-corrected chi connectivity index (χ2v) is 8.91. The normalized spacial score (nSPS) is 17.4. The molecular weight excluding hydrogens is 392 g/mol. The minimum absolute atomic E-state index is 0.183. The molecule has 1 saturated heterocycles. The summed E-state index contributed by atoms with van der Waals surface area (Å²) in [5, 5.41) is 10.5. The van der Waals surface area contributed by atoms with Crippen LogP contribution in [0.3, 0.4) is 0 Å². The van der Waals surface area contributed by atoms with E-state index in [0.29, 0.717) is 0 Å². The Labute approximate surface area is 180 Å². The molecule has 0 bridgehead atoms. The van der Waals surface area contributed by atoms with Gasteiger partial charge in [0.1, 0.15) is 5.56 Å². The predicted octanol–water partition coefficient (Wildman–Crippen LogP) is 2.47. The molecule has 2 aromatic heterocycles. The van der Waals surface area contributed by atoms with Gasteiger partial charge in [-0.3, -0.25) is 9.69 Å². The first-order valence-corrected chi connectivity index (χ1v) is 10.9. The summed E-state index contributed by atoms with van der Waals surface area (Å²) in [6.07, 6.45) is 2.59. The lowest BCUT2D eigenvalue weighted by Crippen LogP contribution is -2.44. The Hall–Kier alpha value is -2.90. The molecule has 2 aliphatic rings. The third kappa shape index (κ3) is 3.58. The highest BCUT2D eigenvalue weighted by atomic mass is 16.4. The summed E-state index contributed by atoms with van der Waals surface area (Å²) in [5.41, 5.74) is 5.67. The number of carboxylic acid groups (broad SMARTS) is 1. The van der Waals surface area contributed by atoms with Gasteiger partial charge >= 0.3 is 5.97 Å². The minimum atomic E-state index is -1.18. The van der Waals surface area contributed by atoms with Gasteiger partial charge < -0.3 is 19.6 Å². The number of aryl methyl sites for hydroxylation is 3. The first-order valence-electron chi connectivity index (χ1n) is 10.9. The number of aromatic nitrogens is 2. The second kappa shape index (κ2) is 7.66. The van der Waals surface area contributed by atoms with E-state index in [9.17, 15) is 14.7 Å². The highest BCUT2D eigenvalue weighted by molar-refractivity contribution is 5.90. The number of hydrogen-bond donors (Lipinski definition) is 2. The number of nitrogens with zero attached hydrogens (tertiary/aromatic N) is 3. The maximum Gasteiger partial charge on any atom is 0.341 e. The lowest BCUT2D eigenvalue weighted by molar-refractivity contribution is 0.0695. The third-order valence-corrected chi connectivity index (χ3v) is 6.86. The number of nitrogens with one attached hydrogen (secondary N) is 1.